The lowest BCUT2D eigenvalue weighted by Gasteiger charge is -2.35. The van der Waals surface area contributed by atoms with Gasteiger partial charge in [-0.25, -0.2) is 0 Å². The van der Waals surface area contributed by atoms with E-state index in [9.17, 15) is 9.59 Å². The van der Waals surface area contributed by atoms with Gasteiger partial charge in [-0.3, -0.25) is 9.59 Å². The zero-order valence-corrected chi connectivity index (χ0v) is 17.1. The average molecular weight is 432 g/mol. The van der Waals surface area contributed by atoms with E-state index in [0.29, 0.717) is 17.8 Å². The molecule has 142 valence electrons. The molecule has 0 aromatic heterocycles. The van der Waals surface area contributed by atoms with E-state index in [-0.39, 0.29) is 24.5 Å². The third kappa shape index (κ3) is 4.42. The Morgan fingerprint density at radius 3 is 2.63 bits per heavy atom. The lowest BCUT2D eigenvalue weighted by Crippen LogP contribution is -2.42. The van der Waals surface area contributed by atoms with Crippen LogP contribution in [0.5, 0.6) is 5.75 Å². The van der Waals surface area contributed by atoms with Gasteiger partial charge in [-0.15, -0.1) is 0 Å². The van der Waals surface area contributed by atoms with E-state index in [1.165, 1.54) is 0 Å². The number of aryl methyl sites for hydroxylation is 1. The minimum Gasteiger partial charge on any atom is -0.487 e. The number of nitrogens with one attached hydrogen (secondary N) is 2. The number of hydrogen-bond donors (Lipinski definition) is 2. The summed E-state index contributed by atoms with van der Waals surface area (Å²) in [7, 11) is 1.58. The SMILES string of the molecule is CNC(=O)c1ccc(NC(=O)CN2C[C@@H](C)Oc3cc(C)c(Br)cc32)cc1. The van der Waals surface area contributed by atoms with Gasteiger partial charge in [0.05, 0.1) is 18.8 Å². The zero-order chi connectivity index (χ0) is 19.6. The van der Waals surface area contributed by atoms with Gasteiger partial charge in [0, 0.05) is 22.8 Å². The molecule has 0 unspecified atom stereocenters. The largest absolute Gasteiger partial charge is 0.487 e. The van der Waals surface area contributed by atoms with Crippen LogP contribution in [0.1, 0.15) is 22.8 Å². The second-order valence-corrected chi connectivity index (χ2v) is 7.44. The highest BCUT2D eigenvalue weighted by Gasteiger charge is 2.25. The van der Waals surface area contributed by atoms with Crippen LogP contribution < -0.4 is 20.3 Å². The van der Waals surface area contributed by atoms with Crippen molar-refractivity contribution in [2.75, 3.05) is 30.4 Å². The molecule has 0 saturated heterocycles. The number of fused-ring (bicyclic) bond motifs is 1. The fourth-order valence-corrected chi connectivity index (χ4v) is 3.35. The molecule has 0 fully saturated rings. The van der Waals surface area contributed by atoms with Gasteiger partial charge in [-0.05, 0) is 55.8 Å². The van der Waals surface area contributed by atoms with E-state index in [1.54, 1.807) is 31.3 Å². The maximum absolute atomic E-state index is 12.5. The van der Waals surface area contributed by atoms with Crippen LogP contribution in [0.3, 0.4) is 0 Å². The number of benzene rings is 2. The molecule has 3 rings (SSSR count). The maximum Gasteiger partial charge on any atom is 0.251 e. The summed E-state index contributed by atoms with van der Waals surface area (Å²) in [6.45, 7) is 4.84. The summed E-state index contributed by atoms with van der Waals surface area (Å²) in [6.07, 6.45) is -0.00212. The van der Waals surface area contributed by atoms with Crippen molar-refractivity contribution in [3.05, 3.63) is 52.0 Å². The fraction of sp³-hybridized carbons (Fsp3) is 0.300. The van der Waals surface area contributed by atoms with Crippen molar-refractivity contribution >= 4 is 39.1 Å². The normalized spacial score (nSPS) is 15.6. The molecule has 7 heteroatoms. The molecule has 27 heavy (non-hydrogen) atoms. The molecule has 0 bridgehead atoms. The molecule has 1 aliphatic heterocycles. The number of carbonyl (C=O) groups is 2. The molecule has 1 heterocycles. The molecule has 1 aliphatic rings. The van der Waals surface area contributed by atoms with E-state index < -0.39 is 0 Å². The molecular formula is C20H22BrN3O3. The Morgan fingerprint density at radius 1 is 1.26 bits per heavy atom. The number of nitrogens with zero attached hydrogens (tertiary/aromatic N) is 1. The molecule has 0 spiro atoms. The number of ether oxygens (including phenoxy) is 1. The third-order valence-corrected chi connectivity index (χ3v) is 5.23. The standard InChI is InChI=1S/C20H22BrN3O3/c1-12-8-18-17(9-16(12)21)24(10-13(2)27-18)11-19(25)23-15-6-4-14(5-7-15)20(26)22-3/h4-9,13H,10-11H2,1-3H3,(H,22,26)(H,23,25)/t13-/m1/s1. The first kappa shape index (κ1) is 19.2. The Hall–Kier alpha value is -2.54. The highest BCUT2D eigenvalue weighted by Crippen LogP contribution is 2.37. The first-order valence-electron chi connectivity index (χ1n) is 8.71. The van der Waals surface area contributed by atoms with Gasteiger partial charge in [0.15, 0.2) is 0 Å². The summed E-state index contributed by atoms with van der Waals surface area (Å²) in [6, 6.07) is 10.8. The van der Waals surface area contributed by atoms with Crippen LogP contribution in [0.4, 0.5) is 11.4 Å². The quantitative estimate of drug-likeness (QED) is 0.778. The molecule has 0 saturated carbocycles. The van der Waals surface area contributed by atoms with Crippen molar-refractivity contribution in [3.63, 3.8) is 0 Å². The average Bonchev–Trinajstić information content (AvgIpc) is 2.63. The molecular weight excluding hydrogens is 410 g/mol. The van der Waals surface area contributed by atoms with E-state index in [0.717, 1.165) is 21.5 Å². The van der Waals surface area contributed by atoms with Crippen LogP contribution in [0.15, 0.2) is 40.9 Å². The predicted molar refractivity (Wildman–Crippen MR) is 110 cm³/mol. The first-order chi connectivity index (χ1) is 12.9. The van der Waals surface area contributed by atoms with E-state index >= 15 is 0 Å². The number of amides is 2. The number of halogens is 1. The van der Waals surface area contributed by atoms with Crippen molar-refractivity contribution < 1.29 is 14.3 Å². The highest BCUT2D eigenvalue weighted by molar-refractivity contribution is 9.10. The number of rotatable bonds is 4. The van der Waals surface area contributed by atoms with Gasteiger partial charge in [-0.1, -0.05) is 15.9 Å². The van der Waals surface area contributed by atoms with Gasteiger partial charge < -0.3 is 20.3 Å². The van der Waals surface area contributed by atoms with Gasteiger partial charge in [0.2, 0.25) is 5.91 Å². The van der Waals surface area contributed by atoms with Gasteiger partial charge in [0.1, 0.15) is 11.9 Å². The van der Waals surface area contributed by atoms with E-state index in [2.05, 4.69) is 26.6 Å². The topological polar surface area (TPSA) is 70.7 Å². The minimum atomic E-state index is -0.160. The summed E-state index contributed by atoms with van der Waals surface area (Å²) in [5.74, 6) is 0.504. The predicted octanol–water partition coefficient (Wildman–Crippen LogP) is 3.34. The second kappa shape index (κ2) is 8.00. The fourth-order valence-electron chi connectivity index (χ4n) is 3.02. The Labute approximate surface area is 167 Å². The summed E-state index contributed by atoms with van der Waals surface area (Å²) in [5, 5.41) is 5.45. The van der Waals surface area contributed by atoms with Gasteiger partial charge in [-0.2, -0.15) is 0 Å². The Kier molecular flexibility index (Phi) is 5.70. The molecule has 2 aromatic carbocycles. The first-order valence-corrected chi connectivity index (χ1v) is 9.50. The molecule has 2 aromatic rings. The summed E-state index contributed by atoms with van der Waals surface area (Å²) >= 11 is 3.55. The van der Waals surface area contributed by atoms with Crippen molar-refractivity contribution in [2.45, 2.75) is 20.0 Å². The van der Waals surface area contributed by atoms with Crippen molar-refractivity contribution in [3.8, 4) is 5.75 Å². The third-order valence-electron chi connectivity index (χ3n) is 4.38. The number of carbonyl (C=O) groups excluding carboxylic acids is 2. The van der Waals surface area contributed by atoms with Crippen LogP contribution in [-0.4, -0.2) is 38.1 Å². The van der Waals surface area contributed by atoms with Crippen molar-refractivity contribution in [1.29, 1.82) is 0 Å². The number of hydrogen-bond acceptors (Lipinski definition) is 4. The minimum absolute atomic E-state index is 0.00212. The van der Waals surface area contributed by atoms with E-state index in [1.807, 2.05) is 30.9 Å². The van der Waals surface area contributed by atoms with E-state index in [4.69, 9.17) is 4.74 Å². The van der Waals surface area contributed by atoms with Gasteiger partial charge >= 0.3 is 0 Å². The summed E-state index contributed by atoms with van der Waals surface area (Å²) < 4.78 is 6.89. The Bertz CT molecular complexity index is 868. The Morgan fingerprint density at radius 2 is 1.96 bits per heavy atom. The second-order valence-electron chi connectivity index (χ2n) is 6.58. The highest BCUT2D eigenvalue weighted by atomic mass is 79.9. The molecule has 2 amide bonds. The lowest BCUT2D eigenvalue weighted by molar-refractivity contribution is -0.115. The monoisotopic (exact) mass is 431 g/mol. The summed E-state index contributed by atoms with van der Waals surface area (Å²) in [5.41, 5.74) is 3.19. The van der Waals surface area contributed by atoms with Crippen molar-refractivity contribution in [2.24, 2.45) is 0 Å². The molecule has 2 N–H and O–H groups in total. The smallest absolute Gasteiger partial charge is 0.251 e. The van der Waals surface area contributed by atoms with Gasteiger partial charge in [0.25, 0.3) is 5.91 Å². The van der Waals surface area contributed by atoms with Crippen LogP contribution in [0.2, 0.25) is 0 Å². The summed E-state index contributed by atoms with van der Waals surface area (Å²) in [4.78, 5) is 26.1. The maximum atomic E-state index is 12.5. The zero-order valence-electron chi connectivity index (χ0n) is 15.5. The van der Waals surface area contributed by atoms with Crippen LogP contribution in [-0.2, 0) is 4.79 Å². The molecule has 0 radical (unpaired) electrons. The van der Waals surface area contributed by atoms with Crippen molar-refractivity contribution in [1.82, 2.24) is 5.32 Å². The molecule has 1 atom stereocenters. The van der Waals surface area contributed by atoms with Crippen LogP contribution >= 0.6 is 15.9 Å². The Balaban J connectivity index is 1.71. The van der Waals surface area contributed by atoms with Crippen LogP contribution in [0.25, 0.3) is 0 Å². The molecule has 0 aliphatic carbocycles. The van der Waals surface area contributed by atoms with Crippen LogP contribution in [0, 0.1) is 6.92 Å². The lowest BCUT2D eigenvalue weighted by atomic mass is 10.1. The number of anilines is 2. The molecule has 6 nitrogen and oxygen atoms in total.